The molecule has 0 aliphatic carbocycles. The highest BCUT2D eigenvalue weighted by Crippen LogP contribution is 2.27. The third-order valence-electron chi connectivity index (χ3n) is 4.67. The molecule has 8 nitrogen and oxygen atoms in total. The van der Waals surface area contributed by atoms with E-state index < -0.39 is 17.7 Å². The Hall–Kier alpha value is -2.61. The predicted molar refractivity (Wildman–Crippen MR) is 97.4 cm³/mol. The topological polar surface area (TPSA) is 102 Å². The van der Waals surface area contributed by atoms with Gasteiger partial charge in [0.2, 0.25) is 0 Å². The van der Waals surface area contributed by atoms with Crippen molar-refractivity contribution in [2.24, 2.45) is 12.8 Å². The van der Waals surface area contributed by atoms with E-state index in [1.54, 1.807) is 4.68 Å². The lowest BCUT2D eigenvalue weighted by Crippen LogP contribution is -2.51. The van der Waals surface area contributed by atoms with Crippen LogP contribution in [0.4, 0.5) is 4.79 Å². The van der Waals surface area contributed by atoms with Crippen molar-refractivity contribution < 1.29 is 14.3 Å². The number of carbonyl (C=O) groups excluding carboxylic acids is 2. The number of ether oxygens (including phenoxy) is 1. The molecule has 26 heavy (non-hydrogen) atoms. The number of hydrogen-bond donors (Lipinski definition) is 2. The van der Waals surface area contributed by atoms with Gasteiger partial charge in [0.15, 0.2) is 6.10 Å². The Morgan fingerprint density at radius 1 is 1.35 bits per heavy atom. The number of fused-ring (bicyclic) bond motifs is 1. The van der Waals surface area contributed by atoms with Gasteiger partial charge in [0.05, 0.1) is 23.3 Å². The highest BCUT2D eigenvalue weighted by Gasteiger charge is 2.33. The van der Waals surface area contributed by atoms with Crippen LogP contribution in [0.1, 0.15) is 26.0 Å². The maximum absolute atomic E-state index is 12.8. The molecule has 3 rings (SSSR count). The Balaban J connectivity index is 1.81. The molecule has 2 heterocycles. The number of hydrogen-bond acceptors (Lipinski definition) is 4. The third kappa shape index (κ3) is 3.50. The monoisotopic (exact) mass is 359 g/mol. The predicted octanol–water partition coefficient (Wildman–Crippen LogP) is 1.09. The second-order valence-electron chi connectivity index (χ2n) is 7.10. The van der Waals surface area contributed by atoms with Crippen molar-refractivity contribution >= 4 is 22.8 Å². The molecule has 140 valence electrons. The van der Waals surface area contributed by atoms with Crippen molar-refractivity contribution in [3.8, 4) is 0 Å². The Bertz CT molecular complexity index is 829. The van der Waals surface area contributed by atoms with Gasteiger partial charge in [-0.15, -0.1) is 0 Å². The van der Waals surface area contributed by atoms with Gasteiger partial charge in [0, 0.05) is 25.6 Å². The number of nitrogens with two attached hydrogens (primary N) is 1. The van der Waals surface area contributed by atoms with Crippen LogP contribution in [0.2, 0.25) is 0 Å². The molecule has 1 atom stereocenters. The minimum absolute atomic E-state index is 0.153. The molecular formula is C18H25N5O3. The summed E-state index contributed by atoms with van der Waals surface area (Å²) >= 11 is 0. The molecule has 1 aromatic heterocycles. The van der Waals surface area contributed by atoms with Crippen molar-refractivity contribution in [1.29, 1.82) is 0 Å². The second-order valence-corrected chi connectivity index (χ2v) is 7.10. The second kappa shape index (κ2) is 6.95. The van der Waals surface area contributed by atoms with Crippen LogP contribution in [-0.2, 0) is 22.1 Å². The van der Waals surface area contributed by atoms with E-state index in [4.69, 9.17) is 10.5 Å². The van der Waals surface area contributed by atoms with Gasteiger partial charge in [-0.1, -0.05) is 18.2 Å². The van der Waals surface area contributed by atoms with E-state index in [1.165, 1.54) is 4.90 Å². The number of amides is 3. The van der Waals surface area contributed by atoms with E-state index in [0.717, 1.165) is 16.6 Å². The molecule has 0 bridgehead atoms. The summed E-state index contributed by atoms with van der Waals surface area (Å²) in [6.45, 7) is 4.87. The maximum atomic E-state index is 12.8. The fourth-order valence-electron chi connectivity index (χ4n) is 3.31. The molecule has 1 aliphatic heterocycles. The summed E-state index contributed by atoms with van der Waals surface area (Å²) in [5.41, 5.74) is 6.44. The van der Waals surface area contributed by atoms with Gasteiger partial charge in [-0.2, -0.15) is 5.10 Å². The molecule has 2 aromatic rings. The van der Waals surface area contributed by atoms with Gasteiger partial charge in [-0.3, -0.25) is 9.48 Å². The number of urea groups is 1. The summed E-state index contributed by atoms with van der Waals surface area (Å²) in [4.78, 5) is 25.7. The molecule has 0 spiro atoms. The van der Waals surface area contributed by atoms with Crippen molar-refractivity contribution in [2.45, 2.75) is 31.9 Å². The number of nitrogens with one attached hydrogen (secondary N) is 1. The molecule has 0 radical (unpaired) electrons. The minimum Gasteiger partial charge on any atom is -0.366 e. The third-order valence-corrected chi connectivity index (χ3v) is 4.67. The number of carbonyl (C=O) groups is 2. The molecule has 8 heteroatoms. The van der Waals surface area contributed by atoms with Gasteiger partial charge in [0.25, 0.3) is 5.91 Å². The molecule has 1 aromatic carbocycles. The van der Waals surface area contributed by atoms with E-state index in [0.29, 0.717) is 19.6 Å². The van der Waals surface area contributed by atoms with E-state index in [2.05, 4.69) is 10.4 Å². The number of aryl methyl sites for hydroxylation is 1. The molecule has 3 N–H and O–H groups in total. The molecule has 3 amide bonds. The summed E-state index contributed by atoms with van der Waals surface area (Å²) in [6, 6.07) is 7.34. The SMILES string of the molecule is Cn1nc(C(C)(C)NC(=O)C2CN(C(N)=O)CCCO2)c2ccccc21. The Kier molecular flexibility index (Phi) is 4.86. The zero-order chi connectivity index (χ0) is 18.9. The summed E-state index contributed by atoms with van der Waals surface area (Å²) in [5, 5.41) is 8.60. The molecule has 1 fully saturated rings. The quantitative estimate of drug-likeness (QED) is 0.856. The molecule has 1 saturated heterocycles. The van der Waals surface area contributed by atoms with Gasteiger partial charge in [-0.25, -0.2) is 4.79 Å². The first-order chi connectivity index (χ1) is 12.3. The Morgan fingerprint density at radius 3 is 2.81 bits per heavy atom. The smallest absolute Gasteiger partial charge is 0.314 e. The van der Waals surface area contributed by atoms with Crippen molar-refractivity contribution in [2.75, 3.05) is 19.7 Å². The van der Waals surface area contributed by atoms with Gasteiger partial charge in [-0.05, 0) is 26.3 Å². The zero-order valence-corrected chi connectivity index (χ0v) is 15.4. The first-order valence-corrected chi connectivity index (χ1v) is 8.70. The average molecular weight is 359 g/mol. The summed E-state index contributed by atoms with van der Waals surface area (Å²) in [5.74, 6) is -0.280. The van der Waals surface area contributed by atoms with E-state index >= 15 is 0 Å². The average Bonchev–Trinajstić information content (AvgIpc) is 2.78. The zero-order valence-electron chi connectivity index (χ0n) is 15.4. The summed E-state index contributed by atoms with van der Waals surface area (Å²) < 4.78 is 7.43. The van der Waals surface area contributed by atoms with Crippen molar-refractivity contribution in [1.82, 2.24) is 20.0 Å². The fraction of sp³-hybridized carbons (Fsp3) is 0.500. The normalized spacial score (nSPS) is 18.6. The van der Waals surface area contributed by atoms with Crippen molar-refractivity contribution in [3.05, 3.63) is 30.0 Å². The van der Waals surface area contributed by atoms with Crippen LogP contribution in [0, 0.1) is 0 Å². The van der Waals surface area contributed by atoms with Gasteiger partial charge < -0.3 is 20.7 Å². The van der Waals surface area contributed by atoms with Crippen LogP contribution in [0.25, 0.3) is 10.9 Å². The highest BCUT2D eigenvalue weighted by atomic mass is 16.5. The number of nitrogens with zero attached hydrogens (tertiary/aromatic N) is 3. The molecule has 1 aliphatic rings. The van der Waals surface area contributed by atoms with Crippen LogP contribution < -0.4 is 11.1 Å². The molecule has 1 unspecified atom stereocenters. The lowest BCUT2D eigenvalue weighted by molar-refractivity contribution is -0.134. The van der Waals surface area contributed by atoms with Crippen LogP contribution >= 0.6 is 0 Å². The lowest BCUT2D eigenvalue weighted by atomic mass is 9.97. The number of benzene rings is 1. The largest absolute Gasteiger partial charge is 0.366 e. The van der Waals surface area contributed by atoms with Crippen molar-refractivity contribution in [3.63, 3.8) is 0 Å². The van der Waals surface area contributed by atoms with E-state index in [9.17, 15) is 9.59 Å². The van der Waals surface area contributed by atoms with E-state index in [1.807, 2.05) is 45.2 Å². The van der Waals surface area contributed by atoms with Gasteiger partial charge in [0.1, 0.15) is 0 Å². The maximum Gasteiger partial charge on any atom is 0.314 e. The van der Waals surface area contributed by atoms with Crippen LogP contribution in [0.15, 0.2) is 24.3 Å². The number of para-hydroxylation sites is 1. The van der Waals surface area contributed by atoms with Crippen LogP contribution in [0.5, 0.6) is 0 Å². The first-order valence-electron chi connectivity index (χ1n) is 8.70. The fourth-order valence-corrected chi connectivity index (χ4v) is 3.31. The first kappa shape index (κ1) is 18.2. The number of primary amides is 1. The van der Waals surface area contributed by atoms with E-state index in [-0.39, 0.29) is 12.5 Å². The summed E-state index contributed by atoms with van der Waals surface area (Å²) in [7, 11) is 1.88. The van der Waals surface area contributed by atoms with Gasteiger partial charge >= 0.3 is 6.03 Å². The lowest BCUT2D eigenvalue weighted by Gasteiger charge is -2.28. The highest BCUT2D eigenvalue weighted by molar-refractivity contribution is 5.86. The van der Waals surface area contributed by atoms with Crippen LogP contribution in [0.3, 0.4) is 0 Å². The van der Waals surface area contributed by atoms with Crippen LogP contribution in [-0.4, -0.2) is 52.4 Å². The minimum atomic E-state index is -0.751. The number of rotatable bonds is 3. The molecule has 0 saturated carbocycles. The molecular weight excluding hydrogens is 334 g/mol. The summed E-state index contributed by atoms with van der Waals surface area (Å²) in [6.07, 6.45) is -0.0969. The standard InChI is InChI=1S/C18H25N5O3/c1-18(2,15-12-7-4-5-8-13(12)22(3)21-15)20-16(24)14-11-23(17(19)25)9-6-10-26-14/h4-5,7-8,14H,6,9-11H2,1-3H3,(H2,19,25)(H,20,24). The number of aromatic nitrogens is 2. The Labute approximate surface area is 152 Å². The Morgan fingerprint density at radius 2 is 2.08 bits per heavy atom.